The number of halogens is 1. The molecule has 0 radical (unpaired) electrons. The van der Waals surface area contributed by atoms with Gasteiger partial charge in [-0.25, -0.2) is 4.39 Å². The van der Waals surface area contributed by atoms with Gasteiger partial charge in [-0.15, -0.1) is 11.8 Å². The molecule has 5 heteroatoms. The molecule has 0 bridgehead atoms. The van der Waals surface area contributed by atoms with Crippen molar-refractivity contribution in [2.45, 2.75) is 16.7 Å². The van der Waals surface area contributed by atoms with Gasteiger partial charge < -0.3 is 9.53 Å². The Labute approximate surface area is 138 Å². The van der Waals surface area contributed by atoms with E-state index < -0.39 is 23.6 Å². The number of carbonyl (C=O) groups excluding carboxylic acids is 2. The highest BCUT2D eigenvalue weighted by Gasteiger charge is 2.32. The van der Waals surface area contributed by atoms with E-state index in [4.69, 9.17) is 4.74 Å². The Morgan fingerprint density at radius 3 is 2.13 bits per heavy atom. The molecule has 0 N–H and O–H groups in total. The normalized spacial score (nSPS) is 13.2. The van der Waals surface area contributed by atoms with Crippen molar-refractivity contribution in [1.82, 2.24) is 0 Å². The third-order valence-electron chi connectivity index (χ3n) is 3.69. The lowest BCUT2D eigenvalue weighted by atomic mass is 9.82. The molecule has 0 spiro atoms. The molecule has 2 aromatic carbocycles. The van der Waals surface area contributed by atoms with Crippen molar-refractivity contribution < 1.29 is 18.7 Å². The van der Waals surface area contributed by atoms with Crippen molar-refractivity contribution in [1.29, 1.82) is 0 Å². The molecule has 23 heavy (non-hydrogen) atoms. The Hall–Kier alpha value is -2.14. The van der Waals surface area contributed by atoms with Crippen LogP contribution >= 0.6 is 11.8 Å². The van der Waals surface area contributed by atoms with Crippen LogP contribution in [0.2, 0.25) is 0 Å². The average molecular weight is 332 g/mol. The molecule has 0 fully saturated rings. The summed E-state index contributed by atoms with van der Waals surface area (Å²) in [4.78, 5) is 25.0. The van der Waals surface area contributed by atoms with E-state index in [1.165, 1.54) is 31.4 Å². The van der Waals surface area contributed by atoms with Crippen LogP contribution in [0, 0.1) is 5.82 Å². The van der Waals surface area contributed by atoms with Gasteiger partial charge in [0.05, 0.1) is 18.9 Å². The van der Waals surface area contributed by atoms with Crippen LogP contribution in [0.1, 0.15) is 23.0 Å². The zero-order chi connectivity index (χ0) is 16.8. The lowest BCUT2D eigenvalue weighted by Crippen LogP contribution is -2.23. The Balaban J connectivity index is 2.43. The van der Waals surface area contributed by atoms with Gasteiger partial charge in [0.2, 0.25) is 0 Å². The number of esters is 1. The highest BCUT2D eigenvalue weighted by molar-refractivity contribution is 7.98. The zero-order valence-corrected chi connectivity index (χ0v) is 13.7. The third kappa shape index (κ3) is 3.99. The van der Waals surface area contributed by atoms with Gasteiger partial charge in [0.1, 0.15) is 12.1 Å². The number of methoxy groups -OCH3 is 1. The van der Waals surface area contributed by atoms with E-state index >= 15 is 0 Å². The first-order valence-corrected chi connectivity index (χ1v) is 8.25. The minimum Gasteiger partial charge on any atom is -0.469 e. The van der Waals surface area contributed by atoms with Gasteiger partial charge in [-0.1, -0.05) is 24.3 Å². The fourth-order valence-corrected chi connectivity index (χ4v) is 2.87. The number of thioether (sulfide) groups is 1. The Kier molecular flexibility index (Phi) is 5.93. The van der Waals surface area contributed by atoms with Crippen molar-refractivity contribution >= 4 is 24.0 Å². The molecule has 0 saturated heterocycles. The molecule has 2 rings (SSSR count). The topological polar surface area (TPSA) is 43.4 Å². The molecular weight excluding hydrogens is 315 g/mol. The fraction of sp³-hybridized carbons (Fsp3) is 0.222. The number of rotatable bonds is 6. The summed E-state index contributed by atoms with van der Waals surface area (Å²) in [6.45, 7) is 0. The summed E-state index contributed by atoms with van der Waals surface area (Å²) in [6, 6.07) is 13.0. The summed E-state index contributed by atoms with van der Waals surface area (Å²) in [6.07, 6.45) is 2.70. The van der Waals surface area contributed by atoms with Gasteiger partial charge in [-0.3, -0.25) is 4.79 Å². The quantitative estimate of drug-likeness (QED) is 0.459. The Bertz CT molecular complexity index is 668. The van der Waals surface area contributed by atoms with E-state index in [9.17, 15) is 14.0 Å². The molecule has 2 aromatic rings. The number of hydrogen-bond acceptors (Lipinski definition) is 4. The molecule has 3 nitrogen and oxygen atoms in total. The van der Waals surface area contributed by atoms with Crippen LogP contribution in [0.4, 0.5) is 4.39 Å². The maximum Gasteiger partial charge on any atom is 0.314 e. The van der Waals surface area contributed by atoms with Crippen molar-refractivity contribution in [3.8, 4) is 0 Å². The second kappa shape index (κ2) is 7.92. The molecular formula is C18H17FO3S. The van der Waals surface area contributed by atoms with Gasteiger partial charge >= 0.3 is 5.97 Å². The number of benzene rings is 2. The summed E-state index contributed by atoms with van der Waals surface area (Å²) in [7, 11) is 1.28. The lowest BCUT2D eigenvalue weighted by Gasteiger charge is -2.21. The minimum absolute atomic E-state index is 0.399. The average Bonchev–Trinajstić information content (AvgIpc) is 2.60. The minimum atomic E-state index is -0.807. The molecule has 120 valence electrons. The van der Waals surface area contributed by atoms with E-state index in [0.717, 1.165) is 16.7 Å². The van der Waals surface area contributed by atoms with Gasteiger partial charge in [-0.2, -0.15) is 0 Å². The summed E-state index contributed by atoms with van der Waals surface area (Å²) < 4.78 is 18.0. The smallest absolute Gasteiger partial charge is 0.314 e. The molecule has 0 aromatic heterocycles. The van der Waals surface area contributed by atoms with Crippen molar-refractivity contribution in [2.24, 2.45) is 0 Å². The van der Waals surface area contributed by atoms with Crippen LogP contribution in [0.5, 0.6) is 0 Å². The number of carbonyl (C=O) groups is 2. The zero-order valence-electron chi connectivity index (χ0n) is 12.9. The molecule has 0 heterocycles. The van der Waals surface area contributed by atoms with Crippen LogP contribution in [-0.2, 0) is 14.3 Å². The molecule has 2 atom stereocenters. The second-order valence-electron chi connectivity index (χ2n) is 4.99. The maximum atomic E-state index is 13.1. The highest BCUT2D eigenvalue weighted by atomic mass is 32.2. The van der Waals surface area contributed by atoms with E-state index in [1.807, 2.05) is 30.5 Å². The van der Waals surface area contributed by atoms with Gasteiger partial charge in [0.25, 0.3) is 0 Å². The first-order chi connectivity index (χ1) is 11.1. The van der Waals surface area contributed by atoms with Crippen molar-refractivity contribution in [2.75, 3.05) is 13.4 Å². The van der Waals surface area contributed by atoms with Crippen LogP contribution in [0.25, 0.3) is 0 Å². The van der Waals surface area contributed by atoms with Crippen molar-refractivity contribution in [3.63, 3.8) is 0 Å². The lowest BCUT2D eigenvalue weighted by molar-refractivity contribution is -0.143. The number of aldehydes is 1. The van der Waals surface area contributed by atoms with E-state index in [-0.39, 0.29) is 0 Å². The van der Waals surface area contributed by atoms with Crippen molar-refractivity contribution in [3.05, 3.63) is 65.5 Å². The maximum absolute atomic E-state index is 13.1. The first-order valence-electron chi connectivity index (χ1n) is 7.03. The molecule has 0 saturated carbocycles. The molecule has 0 amide bonds. The fourth-order valence-electron chi connectivity index (χ4n) is 2.46. The largest absolute Gasteiger partial charge is 0.469 e. The van der Waals surface area contributed by atoms with Crippen LogP contribution in [0.15, 0.2) is 53.4 Å². The monoisotopic (exact) mass is 332 g/mol. The number of ether oxygens (including phenoxy) is 1. The van der Waals surface area contributed by atoms with Crippen LogP contribution in [0.3, 0.4) is 0 Å². The van der Waals surface area contributed by atoms with E-state index in [0.29, 0.717) is 5.56 Å². The molecule has 2 unspecified atom stereocenters. The third-order valence-corrected chi connectivity index (χ3v) is 4.43. The summed E-state index contributed by atoms with van der Waals surface area (Å²) in [5.74, 6) is -2.42. The van der Waals surface area contributed by atoms with Crippen LogP contribution in [-0.4, -0.2) is 25.6 Å². The summed E-state index contributed by atoms with van der Waals surface area (Å²) >= 11 is 1.59. The standard InChI is InChI=1S/C18H17FO3S/c1-22-18(21)17(13-3-7-14(19)8-4-13)16(11-20)12-5-9-15(23-2)10-6-12/h3-11,16-17H,1-2H3. The van der Waals surface area contributed by atoms with Gasteiger partial charge in [0, 0.05) is 4.90 Å². The second-order valence-corrected chi connectivity index (χ2v) is 5.87. The molecule has 0 aliphatic heterocycles. The SMILES string of the molecule is COC(=O)C(c1ccc(F)cc1)C(C=O)c1ccc(SC)cc1. The summed E-state index contributed by atoms with van der Waals surface area (Å²) in [5, 5.41) is 0. The van der Waals surface area contributed by atoms with Gasteiger partial charge in [0.15, 0.2) is 0 Å². The Morgan fingerprint density at radius 1 is 1.09 bits per heavy atom. The highest BCUT2D eigenvalue weighted by Crippen LogP contribution is 2.33. The van der Waals surface area contributed by atoms with Gasteiger partial charge in [-0.05, 0) is 41.6 Å². The van der Waals surface area contributed by atoms with Crippen LogP contribution < -0.4 is 0 Å². The predicted molar refractivity (Wildman–Crippen MR) is 88.2 cm³/mol. The summed E-state index contributed by atoms with van der Waals surface area (Å²) in [5.41, 5.74) is 1.27. The first kappa shape index (κ1) is 17.2. The Morgan fingerprint density at radius 2 is 1.65 bits per heavy atom. The van der Waals surface area contributed by atoms with E-state index in [1.54, 1.807) is 11.8 Å². The molecule has 0 aliphatic carbocycles. The van der Waals surface area contributed by atoms with E-state index in [2.05, 4.69) is 0 Å². The number of hydrogen-bond donors (Lipinski definition) is 0. The predicted octanol–water partition coefficient (Wildman–Crippen LogP) is 3.79. The molecule has 0 aliphatic rings.